The van der Waals surface area contributed by atoms with Crippen LogP contribution in [-0.2, 0) is 9.59 Å². The summed E-state index contributed by atoms with van der Waals surface area (Å²) in [6, 6.07) is -1.13. The first-order valence-electron chi connectivity index (χ1n) is 4.20. The minimum Gasteiger partial charge on any atom is -0.322 e. The first-order valence-corrected chi connectivity index (χ1v) is 4.20. The Balaban J connectivity index is 2.23. The molecule has 14 heavy (non-hydrogen) atoms. The summed E-state index contributed by atoms with van der Waals surface area (Å²) in [5, 5.41) is 7.38. The van der Waals surface area contributed by atoms with Crippen molar-refractivity contribution in [3.05, 3.63) is 0 Å². The molecule has 2 fully saturated rings. The number of amides is 4. The van der Waals surface area contributed by atoms with Crippen LogP contribution in [0.15, 0.2) is 0 Å². The van der Waals surface area contributed by atoms with Crippen molar-refractivity contribution in [2.24, 2.45) is 0 Å². The van der Waals surface area contributed by atoms with Crippen LogP contribution in [0.25, 0.3) is 0 Å². The number of carbonyl (C=O) groups excluding carboxylic acids is 3. The van der Waals surface area contributed by atoms with E-state index in [1.165, 1.54) is 4.90 Å². The average molecular weight is 198 g/mol. The molecule has 7 heteroatoms. The van der Waals surface area contributed by atoms with Gasteiger partial charge in [-0.05, 0) is 0 Å². The Kier molecular flexibility index (Phi) is 1.88. The molecule has 2 unspecified atom stereocenters. The quantitative estimate of drug-likeness (QED) is 0.404. The van der Waals surface area contributed by atoms with Crippen molar-refractivity contribution in [2.75, 3.05) is 13.6 Å². The van der Waals surface area contributed by atoms with Gasteiger partial charge in [-0.1, -0.05) is 0 Å². The minimum absolute atomic E-state index is 0.112. The molecule has 0 aromatic carbocycles. The van der Waals surface area contributed by atoms with E-state index >= 15 is 0 Å². The van der Waals surface area contributed by atoms with Gasteiger partial charge >= 0.3 is 6.03 Å². The van der Waals surface area contributed by atoms with Crippen LogP contribution in [0.1, 0.15) is 0 Å². The van der Waals surface area contributed by atoms with Crippen LogP contribution in [0, 0.1) is 0 Å². The Bertz CT molecular complexity index is 316. The molecule has 3 N–H and O–H groups in total. The van der Waals surface area contributed by atoms with E-state index in [0.717, 1.165) is 0 Å². The van der Waals surface area contributed by atoms with E-state index < -0.39 is 24.1 Å². The molecule has 2 rings (SSSR count). The molecule has 0 aliphatic carbocycles. The van der Waals surface area contributed by atoms with Crippen LogP contribution in [0.3, 0.4) is 0 Å². The van der Waals surface area contributed by atoms with E-state index in [4.69, 9.17) is 0 Å². The van der Waals surface area contributed by atoms with Crippen LogP contribution in [0.5, 0.6) is 0 Å². The molecular weight excluding hydrogens is 188 g/mol. The van der Waals surface area contributed by atoms with Crippen LogP contribution in [0.4, 0.5) is 4.79 Å². The number of hydrogen-bond acceptors (Lipinski definition) is 4. The van der Waals surface area contributed by atoms with E-state index in [-0.39, 0.29) is 12.5 Å². The molecule has 0 aromatic heterocycles. The largest absolute Gasteiger partial charge is 0.323 e. The zero-order valence-electron chi connectivity index (χ0n) is 7.53. The smallest absolute Gasteiger partial charge is 0.322 e. The molecule has 4 amide bonds. The van der Waals surface area contributed by atoms with Gasteiger partial charge in [0.15, 0.2) is 0 Å². The third kappa shape index (κ3) is 1.22. The van der Waals surface area contributed by atoms with Gasteiger partial charge in [0.2, 0.25) is 11.8 Å². The third-order valence-corrected chi connectivity index (χ3v) is 2.40. The number of fused-ring (bicyclic) bond motifs is 1. The summed E-state index contributed by atoms with van der Waals surface area (Å²) in [5.41, 5.74) is 0. The fraction of sp³-hybridized carbons (Fsp3) is 0.571. The van der Waals surface area contributed by atoms with Crippen LogP contribution < -0.4 is 16.0 Å². The number of carbonyl (C=O) groups is 3. The molecule has 2 saturated heterocycles. The summed E-state index contributed by atoms with van der Waals surface area (Å²) >= 11 is 0. The highest BCUT2D eigenvalue weighted by molar-refractivity contribution is 6.01. The van der Waals surface area contributed by atoms with Gasteiger partial charge in [0, 0.05) is 7.05 Å². The first-order chi connectivity index (χ1) is 6.59. The van der Waals surface area contributed by atoms with Crippen molar-refractivity contribution < 1.29 is 14.4 Å². The lowest BCUT2D eigenvalue weighted by molar-refractivity contribution is -0.139. The summed E-state index contributed by atoms with van der Waals surface area (Å²) in [5.74, 6) is -0.556. The number of nitrogens with one attached hydrogen (secondary N) is 3. The molecule has 0 radical (unpaired) electrons. The molecule has 0 aromatic rings. The third-order valence-electron chi connectivity index (χ3n) is 2.40. The Hall–Kier alpha value is -1.63. The molecule has 2 heterocycles. The SMILES string of the molecule is CN1C(=O)CNC2C(=O)NC(=O)NC21. The zero-order valence-corrected chi connectivity index (χ0v) is 7.53. The Morgan fingerprint density at radius 3 is 2.79 bits per heavy atom. The van der Waals surface area contributed by atoms with E-state index in [1.807, 2.05) is 0 Å². The number of hydrogen-bond donors (Lipinski definition) is 3. The second-order valence-electron chi connectivity index (χ2n) is 3.27. The molecule has 0 spiro atoms. The molecule has 2 aliphatic rings. The Morgan fingerprint density at radius 2 is 2.07 bits per heavy atom. The highest BCUT2D eigenvalue weighted by atomic mass is 16.2. The maximum Gasteiger partial charge on any atom is 0.323 e. The topological polar surface area (TPSA) is 90.5 Å². The van der Waals surface area contributed by atoms with E-state index in [9.17, 15) is 14.4 Å². The van der Waals surface area contributed by atoms with Crippen LogP contribution >= 0.6 is 0 Å². The van der Waals surface area contributed by atoms with Gasteiger partial charge in [-0.15, -0.1) is 0 Å². The van der Waals surface area contributed by atoms with Crippen LogP contribution in [0.2, 0.25) is 0 Å². The summed E-state index contributed by atoms with van der Waals surface area (Å²) in [6.45, 7) is 0.112. The number of piperazine rings is 1. The standard InChI is InChI=1S/C7H10N4O3/c1-11-3(12)2-8-4-5(11)9-7(14)10-6(4)13/h4-5,8H,2H2,1H3,(H2,9,10,13,14). The van der Waals surface area contributed by atoms with Crippen molar-refractivity contribution in [1.82, 2.24) is 20.9 Å². The van der Waals surface area contributed by atoms with E-state index in [0.29, 0.717) is 0 Å². The predicted octanol–water partition coefficient (Wildman–Crippen LogP) is -2.42. The molecular formula is C7H10N4O3. The number of rotatable bonds is 0. The normalized spacial score (nSPS) is 32.1. The highest BCUT2D eigenvalue weighted by Gasteiger charge is 2.42. The Labute approximate surface area is 79.8 Å². The summed E-state index contributed by atoms with van der Waals surface area (Å²) in [6.07, 6.45) is -0.586. The number of urea groups is 1. The number of likely N-dealkylation sites (N-methyl/N-ethyl adjacent to an activating group) is 1. The fourth-order valence-corrected chi connectivity index (χ4v) is 1.59. The van der Waals surface area contributed by atoms with Crippen molar-refractivity contribution in [2.45, 2.75) is 12.2 Å². The van der Waals surface area contributed by atoms with Gasteiger partial charge in [0.05, 0.1) is 6.54 Å². The van der Waals surface area contributed by atoms with Gasteiger partial charge < -0.3 is 10.2 Å². The van der Waals surface area contributed by atoms with E-state index in [1.54, 1.807) is 7.05 Å². The number of nitrogens with zero attached hydrogens (tertiary/aromatic N) is 1. The molecule has 0 saturated carbocycles. The summed E-state index contributed by atoms with van der Waals surface area (Å²) < 4.78 is 0. The molecule has 2 atom stereocenters. The van der Waals surface area contributed by atoms with Gasteiger partial charge in [0.1, 0.15) is 12.2 Å². The molecule has 76 valence electrons. The monoisotopic (exact) mass is 198 g/mol. The maximum atomic E-state index is 11.3. The number of imide groups is 1. The lowest BCUT2D eigenvalue weighted by Crippen LogP contribution is -2.74. The van der Waals surface area contributed by atoms with E-state index in [2.05, 4.69) is 16.0 Å². The lowest BCUT2D eigenvalue weighted by atomic mass is 10.1. The second kappa shape index (κ2) is 2.95. The van der Waals surface area contributed by atoms with Gasteiger partial charge in [-0.25, -0.2) is 4.79 Å². The van der Waals surface area contributed by atoms with Crippen molar-refractivity contribution in [3.8, 4) is 0 Å². The van der Waals surface area contributed by atoms with Gasteiger partial charge in [-0.3, -0.25) is 20.2 Å². The molecule has 2 aliphatic heterocycles. The molecule has 7 nitrogen and oxygen atoms in total. The maximum absolute atomic E-state index is 11.3. The average Bonchev–Trinajstić information content (AvgIpc) is 2.12. The second-order valence-corrected chi connectivity index (χ2v) is 3.27. The van der Waals surface area contributed by atoms with Gasteiger partial charge in [0.25, 0.3) is 0 Å². The van der Waals surface area contributed by atoms with Crippen molar-refractivity contribution in [3.63, 3.8) is 0 Å². The summed E-state index contributed by atoms with van der Waals surface area (Å²) in [4.78, 5) is 34.9. The lowest BCUT2D eigenvalue weighted by Gasteiger charge is -2.41. The van der Waals surface area contributed by atoms with Crippen molar-refractivity contribution >= 4 is 17.8 Å². The van der Waals surface area contributed by atoms with Crippen molar-refractivity contribution in [1.29, 1.82) is 0 Å². The fourth-order valence-electron chi connectivity index (χ4n) is 1.59. The highest BCUT2D eigenvalue weighted by Crippen LogP contribution is 2.08. The summed E-state index contributed by atoms with van der Waals surface area (Å²) in [7, 11) is 1.56. The minimum atomic E-state index is -0.586. The van der Waals surface area contributed by atoms with Gasteiger partial charge in [-0.2, -0.15) is 0 Å². The first kappa shape index (κ1) is 8.95. The predicted molar refractivity (Wildman–Crippen MR) is 45.0 cm³/mol. The van der Waals surface area contributed by atoms with Crippen LogP contribution in [-0.4, -0.2) is 48.5 Å². The zero-order chi connectivity index (χ0) is 10.3. The molecule has 0 bridgehead atoms. The Morgan fingerprint density at radius 1 is 1.36 bits per heavy atom.